The van der Waals surface area contributed by atoms with E-state index in [4.69, 9.17) is 9.47 Å². The number of ether oxygens (including phenoxy) is 2. The first-order valence-corrected chi connectivity index (χ1v) is 10.4. The number of hydrogen-bond donors (Lipinski definition) is 2. The summed E-state index contributed by atoms with van der Waals surface area (Å²) in [5.74, 6) is -0.0888. The van der Waals surface area contributed by atoms with Crippen LogP contribution in [0.4, 0.5) is 5.69 Å². The molecule has 4 rings (SSSR count). The van der Waals surface area contributed by atoms with Crippen LogP contribution in [0.2, 0.25) is 0 Å². The van der Waals surface area contributed by atoms with Gasteiger partial charge in [0.15, 0.2) is 6.61 Å². The van der Waals surface area contributed by atoms with Gasteiger partial charge < -0.3 is 19.8 Å². The van der Waals surface area contributed by atoms with Crippen molar-refractivity contribution in [2.24, 2.45) is 0 Å². The molecule has 0 atom stereocenters. The molecule has 4 aromatic rings. The zero-order valence-corrected chi connectivity index (χ0v) is 17.5. The topological polar surface area (TPSA) is 80.4 Å². The Labute approximate surface area is 186 Å². The number of nitrogens with one attached hydrogen (secondary N) is 2. The number of carbonyl (C=O) groups excluding carboxylic acids is 2. The van der Waals surface area contributed by atoms with Crippen LogP contribution in [0.5, 0.6) is 5.75 Å². The number of carbonyl (C=O) groups is 2. The van der Waals surface area contributed by atoms with Crippen molar-refractivity contribution in [2.75, 3.05) is 11.9 Å². The van der Waals surface area contributed by atoms with Gasteiger partial charge in [-0.25, -0.2) is 0 Å². The average molecular weight is 428 g/mol. The number of aromatic nitrogens is 1. The van der Waals surface area contributed by atoms with Gasteiger partial charge in [-0.1, -0.05) is 48.5 Å². The molecule has 0 saturated heterocycles. The van der Waals surface area contributed by atoms with Crippen molar-refractivity contribution in [1.29, 1.82) is 0 Å². The second-order valence-corrected chi connectivity index (χ2v) is 7.37. The Morgan fingerprint density at radius 1 is 0.875 bits per heavy atom. The van der Waals surface area contributed by atoms with Crippen molar-refractivity contribution in [1.82, 2.24) is 4.98 Å². The van der Waals surface area contributed by atoms with Crippen LogP contribution < -0.4 is 10.1 Å². The largest absolute Gasteiger partial charge is 0.489 e. The Morgan fingerprint density at radius 2 is 1.62 bits per heavy atom. The standard InChI is InChI=1S/C26H24N2O4/c29-25(18-32-26(30)15-10-20-16-27-24-9-5-4-8-23(20)24)28-21-11-13-22(14-12-21)31-17-19-6-2-1-3-7-19/h1-9,11-14,16,27H,10,15,17-18H2,(H,28,29). The third kappa shape index (κ3) is 5.76. The van der Waals surface area contributed by atoms with Gasteiger partial charge in [0.05, 0.1) is 0 Å². The Hall–Kier alpha value is -4.06. The monoisotopic (exact) mass is 428 g/mol. The van der Waals surface area contributed by atoms with E-state index in [2.05, 4.69) is 10.3 Å². The zero-order valence-electron chi connectivity index (χ0n) is 17.5. The second-order valence-electron chi connectivity index (χ2n) is 7.37. The molecule has 6 heteroatoms. The number of rotatable bonds is 9. The molecule has 0 radical (unpaired) electrons. The molecule has 0 unspecified atom stereocenters. The van der Waals surface area contributed by atoms with E-state index in [1.165, 1.54) is 0 Å². The van der Waals surface area contributed by atoms with Crippen molar-refractivity contribution < 1.29 is 19.1 Å². The first-order chi connectivity index (χ1) is 15.7. The van der Waals surface area contributed by atoms with Gasteiger partial charge >= 0.3 is 5.97 Å². The van der Waals surface area contributed by atoms with Gasteiger partial charge in [0.2, 0.25) is 0 Å². The molecule has 0 fully saturated rings. The maximum absolute atomic E-state index is 12.1. The van der Waals surface area contributed by atoms with Gasteiger partial charge in [0.1, 0.15) is 12.4 Å². The van der Waals surface area contributed by atoms with Crippen LogP contribution >= 0.6 is 0 Å². The van der Waals surface area contributed by atoms with E-state index < -0.39 is 5.97 Å². The van der Waals surface area contributed by atoms with Crippen molar-refractivity contribution in [3.8, 4) is 5.75 Å². The lowest BCUT2D eigenvalue weighted by Gasteiger charge is -2.09. The summed E-state index contributed by atoms with van der Waals surface area (Å²) in [4.78, 5) is 27.3. The Kier molecular flexibility index (Phi) is 6.82. The number of esters is 1. The van der Waals surface area contributed by atoms with Gasteiger partial charge in [-0.3, -0.25) is 9.59 Å². The quantitative estimate of drug-likeness (QED) is 0.373. The number of para-hydroxylation sites is 1. The molecule has 1 amide bonds. The lowest BCUT2D eigenvalue weighted by Crippen LogP contribution is -2.21. The number of aryl methyl sites for hydroxylation is 1. The van der Waals surface area contributed by atoms with Gasteiger partial charge in [-0.05, 0) is 47.9 Å². The fourth-order valence-corrected chi connectivity index (χ4v) is 3.37. The molecule has 3 aromatic carbocycles. The van der Waals surface area contributed by atoms with Crippen LogP contribution in [0.1, 0.15) is 17.5 Å². The molecule has 0 aliphatic carbocycles. The predicted molar refractivity (Wildman–Crippen MR) is 123 cm³/mol. The first kappa shape index (κ1) is 21.2. The van der Waals surface area contributed by atoms with E-state index in [1.54, 1.807) is 24.3 Å². The number of amides is 1. The van der Waals surface area contributed by atoms with Crippen molar-refractivity contribution in [3.63, 3.8) is 0 Å². The highest BCUT2D eigenvalue weighted by Crippen LogP contribution is 2.19. The zero-order chi connectivity index (χ0) is 22.2. The molecule has 162 valence electrons. The van der Waals surface area contributed by atoms with E-state index in [9.17, 15) is 9.59 Å². The van der Waals surface area contributed by atoms with Crippen LogP contribution in [0.3, 0.4) is 0 Å². The summed E-state index contributed by atoms with van der Waals surface area (Å²) in [5.41, 5.74) is 3.77. The van der Waals surface area contributed by atoms with E-state index in [0.717, 1.165) is 22.0 Å². The highest BCUT2D eigenvalue weighted by molar-refractivity contribution is 5.92. The van der Waals surface area contributed by atoms with E-state index in [1.807, 2.05) is 60.8 Å². The average Bonchev–Trinajstić information content (AvgIpc) is 3.25. The first-order valence-electron chi connectivity index (χ1n) is 10.4. The number of anilines is 1. The molecule has 2 N–H and O–H groups in total. The lowest BCUT2D eigenvalue weighted by molar-refractivity contribution is -0.147. The summed E-state index contributed by atoms with van der Waals surface area (Å²) in [6.07, 6.45) is 2.66. The van der Waals surface area contributed by atoms with Crippen molar-refractivity contribution in [2.45, 2.75) is 19.4 Å². The van der Waals surface area contributed by atoms with Gasteiger partial charge in [0.25, 0.3) is 5.91 Å². The summed E-state index contributed by atoms with van der Waals surface area (Å²) < 4.78 is 10.8. The molecule has 0 bridgehead atoms. The van der Waals surface area contributed by atoms with Crippen LogP contribution in [0.15, 0.2) is 85.1 Å². The van der Waals surface area contributed by atoms with E-state index in [-0.39, 0.29) is 18.9 Å². The SMILES string of the molecule is O=C(COC(=O)CCc1c[nH]c2ccccc12)Nc1ccc(OCc2ccccc2)cc1. The minimum Gasteiger partial charge on any atom is -0.489 e. The van der Waals surface area contributed by atoms with Gasteiger partial charge in [-0.15, -0.1) is 0 Å². The smallest absolute Gasteiger partial charge is 0.306 e. The molecule has 0 aliphatic heterocycles. The molecule has 0 aliphatic rings. The van der Waals surface area contributed by atoms with Gasteiger partial charge in [-0.2, -0.15) is 0 Å². The minimum atomic E-state index is -0.407. The minimum absolute atomic E-state index is 0.211. The van der Waals surface area contributed by atoms with E-state index in [0.29, 0.717) is 24.5 Å². The van der Waals surface area contributed by atoms with E-state index >= 15 is 0 Å². The van der Waals surface area contributed by atoms with Crippen LogP contribution in [-0.2, 0) is 27.4 Å². The number of hydrogen-bond acceptors (Lipinski definition) is 4. The highest BCUT2D eigenvalue weighted by atomic mass is 16.5. The molecule has 0 spiro atoms. The fourth-order valence-electron chi connectivity index (χ4n) is 3.37. The summed E-state index contributed by atoms with van der Waals surface area (Å²) in [6, 6.07) is 24.9. The maximum Gasteiger partial charge on any atom is 0.306 e. The number of aromatic amines is 1. The normalized spacial score (nSPS) is 10.6. The predicted octanol–water partition coefficient (Wildman–Crippen LogP) is 4.86. The summed E-state index contributed by atoms with van der Waals surface area (Å²) in [6.45, 7) is 0.153. The van der Waals surface area contributed by atoms with Crippen LogP contribution in [0.25, 0.3) is 10.9 Å². The summed E-state index contributed by atoms with van der Waals surface area (Å²) in [7, 11) is 0. The molecule has 32 heavy (non-hydrogen) atoms. The molecular formula is C26H24N2O4. The third-order valence-corrected chi connectivity index (χ3v) is 5.02. The lowest BCUT2D eigenvalue weighted by atomic mass is 10.1. The fraction of sp³-hybridized carbons (Fsp3) is 0.154. The van der Waals surface area contributed by atoms with Crippen molar-refractivity contribution in [3.05, 3.63) is 96.2 Å². The molecule has 1 heterocycles. The second kappa shape index (κ2) is 10.3. The Morgan fingerprint density at radius 3 is 2.44 bits per heavy atom. The van der Waals surface area contributed by atoms with Crippen LogP contribution in [-0.4, -0.2) is 23.5 Å². The highest BCUT2D eigenvalue weighted by Gasteiger charge is 2.10. The number of H-pyrrole nitrogens is 1. The molecular weight excluding hydrogens is 404 g/mol. The molecule has 0 saturated carbocycles. The van der Waals surface area contributed by atoms with Crippen LogP contribution in [0, 0.1) is 0 Å². The number of benzene rings is 3. The van der Waals surface area contributed by atoms with Gasteiger partial charge in [0, 0.05) is 29.2 Å². The Bertz CT molecular complexity index is 1180. The third-order valence-electron chi connectivity index (χ3n) is 5.02. The molecule has 6 nitrogen and oxygen atoms in total. The molecule has 1 aromatic heterocycles. The Balaban J connectivity index is 1.18. The summed E-state index contributed by atoms with van der Waals surface area (Å²) in [5, 5.41) is 3.81. The maximum atomic E-state index is 12.1. The van der Waals surface area contributed by atoms with Crippen molar-refractivity contribution >= 4 is 28.5 Å². The summed E-state index contributed by atoms with van der Waals surface area (Å²) >= 11 is 0. The number of fused-ring (bicyclic) bond motifs is 1.